The third kappa shape index (κ3) is 2.49. The fraction of sp³-hybridized carbons (Fsp3) is 0.421. The molecule has 1 aromatic carbocycles. The molecule has 0 aliphatic carbocycles. The zero-order valence-corrected chi connectivity index (χ0v) is 16.6. The van der Waals surface area contributed by atoms with Crippen molar-refractivity contribution in [3.63, 3.8) is 0 Å². The van der Waals surface area contributed by atoms with Crippen molar-refractivity contribution in [3.8, 4) is 11.5 Å². The minimum atomic E-state index is -0.397. The second kappa shape index (κ2) is 6.43. The Bertz CT molecular complexity index is 1190. The van der Waals surface area contributed by atoms with E-state index in [9.17, 15) is 9.59 Å². The molecule has 1 aliphatic heterocycles. The number of benzene rings is 1. The van der Waals surface area contributed by atoms with E-state index in [4.69, 9.17) is 9.47 Å². The maximum atomic E-state index is 12.8. The second-order valence-electron chi connectivity index (χ2n) is 7.15. The average Bonchev–Trinajstić information content (AvgIpc) is 3.08. The normalized spacial score (nSPS) is 16.3. The van der Waals surface area contributed by atoms with E-state index in [-0.39, 0.29) is 11.5 Å². The highest BCUT2D eigenvalue weighted by atomic mass is 16.5. The van der Waals surface area contributed by atoms with Gasteiger partial charge in [0.2, 0.25) is 5.95 Å². The van der Waals surface area contributed by atoms with E-state index in [1.165, 1.54) is 11.6 Å². The molecular weight excluding hydrogens is 362 g/mol. The van der Waals surface area contributed by atoms with E-state index in [0.29, 0.717) is 41.7 Å². The Morgan fingerprint density at radius 1 is 1.07 bits per heavy atom. The maximum absolute atomic E-state index is 12.8. The summed E-state index contributed by atoms with van der Waals surface area (Å²) in [5, 5.41) is 0. The lowest BCUT2D eigenvalue weighted by Crippen LogP contribution is -2.38. The van der Waals surface area contributed by atoms with Crippen LogP contribution in [0.5, 0.6) is 11.5 Å². The van der Waals surface area contributed by atoms with Crippen molar-refractivity contribution in [3.05, 3.63) is 39.0 Å². The topological polar surface area (TPSA) is 83.5 Å². The number of imidazole rings is 1. The zero-order valence-electron chi connectivity index (χ0n) is 16.6. The fourth-order valence-corrected chi connectivity index (χ4v) is 3.79. The molecular formula is C19H23N5O4. The molecule has 0 radical (unpaired) electrons. The Labute approximate surface area is 161 Å². The molecule has 2 aromatic heterocycles. The van der Waals surface area contributed by atoms with Crippen molar-refractivity contribution in [1.29, 1.82) is 0 Å². The van der Waals surface area contributed by atoms with Crippen LogP contribution in [0.2, 0.25) is 0 Å². The summed E-state index contributed by atoms with van der Waals surface area (Å²) in [6.45, 7) is 3.45. The molecule has 28 heavy (non-hydrogen) atoms. The number of methoxy groups -OCH3 is 2. The summed E-state index contributed by atoms with van der Waals surface area (Å²) < 4.78 is 15.4. The van der Waals surface area contributed by atoms with E-state index in [0.717, 1.165) is 10.3 Å². The van der Waals surface area contributed by atoms with Gasteiger partial charge in [0.25, 0.3) is 5.56 Å². The fourth-order valence-electron chi connectivity index (χ4n) is 3.79. The largest absolute Gasteiger partial charge is 0.497 e. The smallest absolute Gasteiger partial charge is 0.332 e. The number of hydrogen-bond donors (Lipinski definition) is 0. The lowest BCUT2D eigenvalue weighted by Gasteiger charge is -2.33. The van der Waals surface area contributed by atoms with E-state index >= 15 is 0 Å². The average molecular weight is 385 g/mol. The number of rotatable bonds is 3. The van der Waals surface area contributed by atoms with Crippen molar-refractivity contribution in [2.24, 2.45) is 20.0 Å². The molecule has 0 fully saturated rings. The summed E-state index contributed by atoms with van der Waals surface area (Å²) in [5.74, 6) is 2.23. The molecule has 0 N–H and O–H groups in total. The number of aromatic nitrogens is 4. The first-order valence-corrected chi connectivity index (χ1v) is 9.03. The van der Waals surface area contributed by atoms with Gasteiger partial charge in [-0.2, -0.15) is 4.98 Å². The predicted molar refractivity (Wildman–Crippen MR) is 106 cm³/mol. The van der Waals surface area contributed by atoms with Crippen LogP contribution >= 0.6 is 0 Å². The van der Waals surface area contributed by atoms with Gasteiger partial charge in [-0.05, 0) is 18.1 Å². The molecule has 3 aromatic rings. The highest BCUT2D eigenvalue weighted by molar-refractivity contribution is 5.78. The van der Waals surface area contributed by atoms with Crippen LogP contribution < -0.4 is 25.6 Å². The van der Waals surface area contributed by atoms with Crippen molar-refractivity contribution >= 4 is 22.8 Å². The van der Waals surface area contributed by atoms with Crippen molar-refractivity contribution in [2.45, 2.75) is 13.5 Å². The molecule has 4 rings (SSSR count). The van der Waals surface area contributed by atoms with Crippen LogP contribution in [0.25, 0.3) is 11.2 Å². The van der Waals surface area contributed by atoms with Crippen LogP contribution in [0, 0.1) is 5.92 Å². The van der Waals surface area contributed by atoms with Gasteiger partial charge in [-0.3, -0.25) is 13.9 Å². The van der Waals surface area contributed by atoms with Gasteiger partial charge < -0.3 is 18.9 Å². The van der Waals surface area contributed by atoms with Gasteiger partial charge in [-0.25, -0.2) is 4.79 Å². The molecule has 1 aliphatic rings. The van der Waals surface area contributed by atoms with E-state index in [1.807, 2.05) is 27.7 Å². The molecule has 0 unspecified atom stereocenters. The predicted octanol–water partition coefficient (Wildman–Crippen LogP) is 1.24. The van der Waals surface area contributed by atoms with Gasteiger partial charge in [0.1, 0.15) is 11.5 Å². The Morgan fingerprint density at radius 2 is 1.82 bits per heavy atom. The molecule has 9 heteroatoms. The van der Waals surface area contributed by atoms with Crippen molar-refractivity contribution in [1.82, 2.24) is 18.7 Å². The van der Waals surface area contributed by atoms with E-state index in [1.54, 1.807) is 21.3 Å². The summed E-state index contributed by atoms with van der Waals surface area (Å²) in [6.07, 6.45) is 0. The number of hydrogen-bond acceptors (Lipinski definition) is 6. The van der Waals surface area contributed by atoms with Crippen LogP contribution in [0.1, 0.15) is 6.92 Å². The number of anilines is 2. The molecule has 1 atom stereocenters. The van der Waals surface area contributed by atoms with Crippen molar-refractivity contribution < 1.29 is 9.47 Å². The number of aryl methyl sites for hydroxylation is 1. The van der Waals surface area contributed by atoms with Gasteiger partial charge >= 0.3 is 5.69 Å². The lowest BCUT2D eigenvalue weighted by atomic mass is 10.1. The van der Waals surface area contributed by atoms with Gasteiger partial charge in [0.15, 0.2) is 11.2 Å². The standard InChI is InChI=1S/C19H23N5O4/c1-11-9-23(13-8-12(27-4)6-7-14(13)28-5)18-20-16-15(24(18)10-11)17(25)22(3)19(26)21(16)2/h6-8,11H,9-10H2,1-5H3/t11-/m0/s1. The monoisotopic (exact) mass is 385 g/mol. The van der Waals surface area contributed by atoms with E-state index in [2.05, 4.69) is 11.9 Å². The van der Waals surface area contributed by atoms with Gasteiger partial charge in [0.05, 0.1) is 19.9 Å². The summed E-state index contributed by atoms with van der Waals surface area (Å²) in [4.78, 5) is 31.9. The molecule has 0 saturated heterocycles. The molecule has 148 valence electrons. The minimum Gasteiger partial charge on any atom is -0.497 e. The molecule has 3 heterocycles. The first kappa shape index (κ1) is 18.1. The minimum absolute atomic E-state index is 0.253. The molecule has 9 nitrogen and oxygen atoms in total. The quantitative estimate of drug-likeness (QED) is 0.675. The van der Waals surface area contributed by atoms with Gasteiger partial charge in [0, 0.05) is 33.3 Å². The summed E-state index contributed by atoms with van der Waals surface area (Å²) >= 11 is 0. The Balaban J connectivity index is 2.04. The summed E-state index contributed by atoms with van der Waals surface area (Å²) in [6, 6.07) is 5.56. The lowest BCUT2D eigenvalue weighted by molar-refractivity contribution is 0.399. The maximum Gasteiger partial charge on any atom is 0.332 e. The molecule has 0 spiro atoms. The van der Waals surface area contributed by atoms with Crippen LogP contribution in [0.15, 0.2) is 27.8 Å². The van der Waals surface area contributed by atoms with Crippen LogP contribution in [0.4, 0.5) is 11.6 Å². The highest BCUT2D eigenvalue weighted by Gasteiger charge is 2.31. The number of fused-ring (bicyclic) bond motifs is 3. The van der Waals surface area contributed by atoms with Gasteiger partial charge in [-0.15, -0.1) is 0 Å². The SMILES string of the molecule is COc1ccc(OC)c(N2C[C@H](C)Cn3c2nc2c3c(=O)n(C)c(=O)n2C)c1. The second-order valence-corrected chi connectivity index (χ2v) is 7.15. The number of ether oxygens (including phenoxy) is 2. The molecule has 0 bridgehead atoms. The first-order valence-electron chi connectivity index (χ1n) is 9.03. The molecule has 0 amide bonds. The van der Waals surface area contributed by atoms with Crippen LogP contribution in [0.3, 0.4) is 0 Å². The van der Waals surface area contributed by atoms with Crippen LogP contribution in [-0.2, 0) is 20.6 Å². The first-order chi connectivity index (χ1) is 13.4. The van der Waals surface area contributed by atoms with E-state index < -0.39 is 5.69 Å². The highest BCUT2D eigenvalue weighted by Crippen LogP contribution is 2.39. The summed E-state index contributed by atoms with van der Waals surface area (Å²) in [5.41, 5.74) is 0.865. The Hall–Kier alpha value is -3.23. The zero-order chi connectivity index (χ0) is 20.2. The Morgan fingerprint density at radius 3 is 2.50 bits per heavy atom. The third-order valence-corrected chi connectivity index (χ3v) is 5.23. The van der Waals surface area contributed by atoms with Crippen molar-refractivity contribution in [2.75, 3.05) is 25.7 Å². The summed E-state index contributed by atoms with van der Waals surface area (Å²) in [7, 11) is 6.34. The van der Waals surface area contributed by atoms with Gasteiger partial charge in [-0.1, -0.05) is 6.92 Å². The Kier molecular flexibility index (Phi) is 4.17. The third-order valence-electron chi connectivity index (χ3n) is 5.23. The van der Waals surface area contributed by atoms with Crippen LogP contribution in [-0.4, -0.2) is 39.4 Å². The number of nitrogens with zero attached hydrogens (tertiary/aromatic N) is 5. The molecule has 0 saturated carbocycles.